The smallest absolute Gasteiger partial charge is 0.338 e. The van der Waals surface area contributed by atoms with Gasteiger partial charge in [0.2, 0.25) is 0 Å². The SMILES string of the molecule is CCCOc1ccc(C=C2C(=O)N(c3ccc(C(=O)OC(C)C)cc3)N=C2C)cc1OC. The lowest BCUT2D eigenvalue weighted by atomic mass is 10.1. The number of anilines is 1. The minimum Gasteiger partial charge on any atom is -0.493 e. The van der Waals surface area contributed by atoms with Gasteiger partial charge in [-0.3, -0.25) is 4.79 Å². The molecule has 32 heavy (non-hydrogen) atoms. The molecule has 0 spiro atoms. The summed E-state index contributed by atoms with van der Waals surface area (Å²) < 4.78 is 16.3. The molecule has 0 atom stereocenters. The molecule has 2 aromatic carbocycles. The van der Waals surface area contributed by atoms with Gasteiger partial charge < -0.3 is 14.2 Å². The largest absolute Gasteiger partial charge is 0.493 e. The first kappa shape index (κ1) is 23.1. The van der Waals surface area contributed by atoms with Crippen LogP contribution in [0.4, 0.5) is 5.69 Å². The number of methoxy groups -OCH3 is 1. The van der Waals surface area contributed by atoms with Crippen molar-refractivity contribution in [1.82, 2.24) is 0 Å². The number of amides is 1. The van der Waals surface area contributed by atoms with Crippen molar-refractivity contribution in [3.63, 3.8) is 0 Å². The Morgan fingerprint density at radius 2 is 1.84 bits per heavy atom. The lowest BCUT2D eigenvalue weighted by Gasteiger charge is -2.13. The zero-order chi connectivity index (χ0) is 23.3. The Morgan fingerprint density at radius 3 is 2.47 bits per heavy atom. The molecule has 0 bridgehead atoms. The van der Waals surface area contributed by atoms with E-state index in [1.165, 1.54) is 5.01 Å². The van der Waals surface area contributed by atoms with Crippen LogP contribution in [-0.4, -0.2) is 37.4 Å². The average Bonchev–Trinajstić information content (AvgIpc) is 3.06. The number of nitrogens with zero attached hydrogens (tertiary/aromatic N) is 2. The molecule has 0 fully saturated rings. The third-order valence-electron chi connectivity index (χ3n) is 4.71. The van der Waals surface area contributed by atoms with E-state index in [-0.39, 0.29) is 12.0 Å². The topological polar surface area (TPSA) is 77.4 Å². The van der Waals surface area contributed by atoms with E-state index in [9.17, 15) is 9.59 Å². The normalized spacial score (nSPS) is 14.7. The van der Waals surface area contributed by atoms with E-state index in [1.807, 2.05) is 25.1 Å². The number of carbonyl (C=O) groups is 2. The van der Waals surface area contributed by atoms with Gasteiger partial charge in [-0.05, 0) is 75.2 Å². The Labute approximate surface area is 188 Å². The zero-order valence-corrected chi connectivity index (χ0v) is 19.0. The molecule has 2 aromatic rings. The molecule has 1 aliphatic heterocycles. The van der Waals surface area contributed by atoms with Crippen LogP contribution >= 0.6 is 0 Å². The minimum atomic E-state index is -0.403. The second kappa shape index (κ2) is 10.1. The summed E-state index contributed by atoms with van der Waals surface area (Å²) in [5, 5.41) is 5.73. The van der Waals surface area contributed by atoms with Gasteiger partial charge in [0.1, 0.15) is 0 Å². The first-order valence-electron chi connectivity index (χ1n) is 10.6. The first-order valence-corrected chi connectivity index (χ1v) is 10.6. The lowest BCUT2D eigenvalue weighted by Crippen LogP contribution is -2.21. The molecule has 1 amide bonds. The minimum absolute atomic E-state index is 0.201. The Balaban J connectivity index is 1.81. The molecule has 3 rings (SSSR count). The van der Waals surface area contributed by atoms with Crippen molar-refractivity contribution < 1.29 is 23.8 Å². The second-order valence-electron chi connectivity index (χ2n) is 7.62. The summed E-state index contributed by atoms with van der Waals surface area (Å²) in [6.07, 6.45) is 2.48. The molecule has 1 aliphatic rings. The highest BCUT2D eigenvalue weighted by Gasteiger charge is 2.29. The molecule has 0 unspecified atom stereocenters. The summed E-state index contributed by atoms with van der Waals surface area (Å²) in [5.41, 5.74) is 2.88. The summed E-state index contributed by atoms with van der Waals surface area (Å²) in [5.74, 6) is 0.621. The van der Waals surface area contributed by atoms with Gasteiger partial charge in [0.05, 0.1) is 42.4 Å². The van der Waals surface area contributed by atoms with Crippen LogP contribution in [0.5, 0.6) is 11.5 Å². The number of benzene rings is 2. The molecule has 168 valence electrons. The third-order valence-corrected chi connectivity index (χ3v) is 4.71. The van der Waals surface area contributed by atoms with E-state index in [0.29, 0.717) is 40.6 Å². The van der Waals surface area contributed by atoms with Crippen LogP contribution in [0.1, 0.15) is 50.0 Å². The summed E-state index contributed by atoms with van der Waals surface area (Å²) in [6, 6.07) is 12.1. The molecule has 7 heteroatoms. The number of carbonyl (C=O) groups excluding carboxylic acids is 2. The van der Waals surface area contributed by atoms with Crippen LogP contribution in [0.2, 0.25) is 0 Å². The van der Waals surface area contributed by atoms with Crippen LogP contribution in [0.3, 0.4) is 0 Å². The van der Waals surface area contributed by atoms with Gasteiger partial charge in [-0.2, -0.15) is 10.1 Å². The summed E-state index contributed by atoms with van der Waals surface area (Å²) in [6.45, 7) is 8.01. The highest BCUT2D eigenvalue weighted by Crippen LogP contribution is 2.31. The summed E-state index contributed by atoms with van der Waals surface area (Å²) in [4.78, 5) is 25.1. The van der Waals surface area contributed by atoms with Gasteiger partial charge >= 0.3 is 5.97 Å². The maximum Gasteiger partial charge on any atom is 0.338 e. The molecular weight excluding hydrogens is 408 g/mol. The molecule has 0 aromatic heterocycles. The number of hydrogen-bond donors (Lipinski definition) is 0. The third kappa shape index (κ3) is 5.17. The van der Waals surface area contributed by atoms with Crippen molar-refractivity contribution in [1.29, 1.82) is 0 Å². The van der Waals surface area contributed by atoms with Crippen LogP contribution in [0.15, 0.2) is 53.1 Å². The van der Waals surface area contributed by atoms with Crippen LogP contribution in [0, 0.1) is 0 Å². The van der Waals surface area contributed by atoms with Gasteiger partial charge in [0.25, 0.3) is 5.91 Å². The van der Waals surface area contributed by atoms with E-state index < -0.39 is 5.97 Å². The molecule has 0 saturated carbocycles. The van der Waals surface area contributed by atoms with Gasteiger partial charge in [-0.25, -0.2) is 4.79 Å². The Morgan fingerprint density at radius 1 is 1.12 bits per heavy atom. The van der Waals surface area contributed by atoms with E-state index in [2.05, 4.69) is 5.10 Å². The average molecular weight is 437 g/mol. The van der Waals surface area contributed by atoms with Crippen molar-refractivity contribution in [2.75, 3.05) is 18.7 Å². The van der Waals surface area contributed by atoms with Gasteiger partial charge in [-0.1, -0.05) is 13.0 Å². The highest BCUT2D eigenvalue weighted by molar-refractivity contribution is 6.32. The molecule has 0 N–H and O–H groups in total. The molecule has 0 radical (unpaired) electrons. The quantitative estimate of drug-likeness (QED) is 0.436. The maximum absolute atomic E-state index is 13.0. The van der Waals surface area contributed by atoms with Gasteiger partial charge in [0, 0.05) is 0 Å². The van der Waals surface area contributed by atoms with Crippen molar-refractivity contribution in [3.8, 4) is 11.5 Å². The zero-order valence-electron chi connectivity index (χ0n) is 19.0. The van der Waals surface area contributed by atoms with E-state index >= 15 is 0 Å². The van der Waals surface area contributed by atoms with Crippen molar-refractivity contribution >= 4 is 29.4 Å². The fraction of sp³-hybridized carbons (Fsp3) is 0.320. The van der Waals surface area contributed by atoms with Gasteiger partial charge in [-0.15, -0.1) is 0 Å². The molecule has 1 heterocycles. The number of ether oxygens (including phenoxy) is 3. The van der Waals surface area contributed by atoms with Gasteiger partial charge in [0.15, 0.2) is 11.5 Å². The lowest BCUT2D eigenvalue weighted by molar-refractivity contribution is -0.114. The first-order chi connectivity index (χ1) is 15.3. The number of hydrogen-bond acceptors (Lipinski definition) is 6. The second-order valence-corrected chi connectivity index (χ2v) is 7.62. The van der Waals surface area contributed by atoms with E-state index in [1.54, 1.807) is 58.2 Å². The summed E-state index contributed by atoms with van der Waals surface area (Å²) in [7, 11) is 1.58. The Bertz CT molecular complexity index is 1050. The Hall–Kier alpha value is -3.61. The molecular formula is C25H28N2O5. The molecule has 0 saturated heterocycles. The number of hydrazone groups is 1. The standard InChI is InChI=1S/C25H28N2O5/c1-6-13-31-22-12-7-18(15-23(22)30-5)14-21-17(4)26-27(24(21)28)20-10-8-19(9-11-20)25(29)32-16(2)3/h7-12,14-16H,6,13H2,1-5H3. The number of rotatable bonds is 8. The maximum atomic E-state index is 13.0. The highest BCUT2D eigenvalue weighted by atomic mass is 16.5. The van der Waals surface area contributed by atoms with Crippen LogP contribution < -0.4 is 14.5 Å². The molecule has 7 nitrogen and oxygen atoms in total. The van der Waals surface area contributed by atoms with E-state index in [4.69, 9.17) is 14.2 Å². The van der Waals surface area contributed by atoms with Crippen molar-refractivity contribution in [3.05, 3.63) is 59.2 Å². The monoisotopic (exact) mass is 436 g/mol. The fourth-order valence-electron chi connectivity index (χ4n) is 3.15. The fourth-order valence-corrected chi connectivity index (χ4v) is 3.15. The van der Waals surface area contributed by atoms with Crippen LogP contribution in [-0.2, 0) is 9.53 Å². The number of esters is 1. The van der Waals surface area contributed by atoms with E-state index in [0.717, 1.165) is 12.0 Å². The predicted octanol–water partition coefficient (Wildman–Crippen LogP) is 4.86. The van der Waals surface area contributed by atoms with Crippen molar-refractivity contribution in [2.45, 2.75) is 40.2 Å². The molecule has 0 aliphatic carbocycles. The van der Waals surface area contributed by atoms with Crippen LogP contribution in [0.25, 0.3) is 6.08 Å². The van der Waals surface area contributed by atoms with Crippen molar-refractivity contribution in [2.24, 2.45) is 5.10 Å². The summed E-state index contributed by atoms with van der Waals surface area (Å²) >= 11 is 0. The Kier molecular flexibility index (Phi) is 7.30. The predicted molar refractivity (Wildman–Crippen MR) is 124 cm³/mol.